The van der Waals surface area contributed by atoms with Gasteiger partial charge < -0.3 is 14.8 Å². The summed E-state index contributed by atoms with van der Waals surface area (Å²) in [6, 6.07) is 10.7. The van der Waals surface area contributed by atoms with E-state index in [4.69, 9.17) is 9.47 Å². The summed E-state index contributed by atoms with van der Waals surface area (Å²) in [4.78, 5) is 14.9. The molecule has 8 nitrogen and oxygen atoms in total. The molecule has 32 heavy (non-hydrogen) atoms. The monoisotopic (exact) mass is 461 g/mol. The number of fused-ring (bicyclic) bond motifs is 1. The number of nitrogens with one attached hydrogen (secondary N) is 1. The average Bonchev–Trinajstić information content (AvgIpc) is 3.23. The quantitative estimate of drug-likeness (QED) is 0.585. The summed E-state index contributed by atoms with van der Waals surface area (Å²) in [6.45, 7) is 9.79. The number of rotatable bonds is 10. The number of likely N-dealkylation sites (N-methyl/N-ethyl adjacent to an activating group) is 1. The fourth-order valence-corrected chi connectivity index (χ4v) is 5.35. The van der Waals surface area contributed by atoms with E-state index in [0.29, 0.717) is 43.2 Å². The lowest BCUT2D eigenvalue weighted by molar-refractivity contribution is -0.117. The number of hydrogen-bond donors (Lipinski definition) is 1. The van der Waals surface area contributed by atoms with Crippen LogP contribution < -0.4 is 14.8 Å². The van der Waals surface area contributed by atoms with Crippen molar-refractivity contribution in [3.63, 3.8) is 0 Å². The Balaban J connectivity index is 1.68. The van der Waals surface area contributed by atoms with E-state index >= 15 is 0 Å². The maximum atomic E-state index is 12.9. The van der Waals surface area contributed by atoms with Gasteiger partial charge in [-0.1, -0.05) is 32.9 Å². The van der Waals surface area contributed by atoms with Crippen molar-refractivity contribution >= 4 is 21.6 Å². The van der Waals surface area contributed by atoms with Crippen LogP contribution in [0.4, 0.5) is 5.69 Å². The maximum Gasteiger partial charge on any atom is 0.243 e. The van der Waals surface area contributed by atoms with Crippen molar-refractivity contribution in [1.29, 1.82) is 0 Å². The first-order valence-corrected chi connectivity index (χ1v) is 12.2. The molecule has 0 fully saturated rings. The van der Waals surface area contributed by atoms with Crippen LogP contribution in [0.3, 0.4) is 0 Å². The minimum Gasteiger partial charge on any atom is -0.454 e. The standard InChI is InChI=1S/C23H31N3O5S/c1-5-25(14-18-9-11-20-21(12-18)31-16-30-20)15-23(27)24-19-10-8-17(4)22(13-19)32(28,29)26(6-2)7-3/h8-13H,5-7,14-16H2,1-4H3,(H,24,27). The minimum absolute atomic E-state index is 0.178. The number of benzene rings is 2. The fraction of sp³-hybridized carbons (Fsp3) is 0.435. The number of anilines is 1. The molecule has 0 spiro atoms. The average molecular weight is 462 g/mol. The van der Waals surface area contributed by atoms with Gasteiger partial charge in [-0.15, -0.1) is 0 Å². The molecule has 0 radical (unpaired) electrons. The molecular weight excluding hydrogens is 430 g/mol. The van der Waals surface area contributed by atoms with Gasteiger partial charge in [-0.2, -0.15) is 4.31 Å². The van der Waals surface area contributed by atoms with Gasteiger partial charge in [-0.25, -0.2) is 8.42 Å². The van der Waals surface area contributed by atoms with Crippen molar-refractivity contribution in [2.75, 3.05) is 38.3 Å². The third-order valence-corrected chi connectivity index (χ3v) is 7.64. The van der Waals surface area contributed by atoms with Crippen LogP contribution in [-0.2, 0) is 21.4 Å². The zero-order chi connectivity index (χ0) is 23.3. The molecule has 3 rings (SSSR count). The Morgan fingerprint density at radius 1 is 1.00 bits per heavy atom. The van der Waals surface area contributed by atoms with E-state index in [1.165, 1.54) is 10.4 Å². The molecule has 2 aromatic carbocycles. The number of ether oxygens (including phenoxy) is 2. The van der Waals surface area contributed by atoms with E-state index < -0.39 is 10.0 Å². The largest absolute Gasteiger partial charge is 0.454 e. The molecule has 0 bridgehead atoms. The molecule has 0 saturated heterocycles. The molecule has 0 aliphatic carbocycles. The summed E-state index contributed by atoms with van der Waals surface area (Å²) >= 11 is 0. The van der Waals surface area contributed by atoms with Crippen molar-refractivity contribution in [2.45, 2.75) is 39.1 Å². The Kier molecular flexibility index (Phi) is 7.76. The molecule has 0 saturated carbocycles. The molecule has 174 valence electrons. The van der Waals surface area contributed by atoms with Crippen molar-refractivity contribution in [3.05, 3.63) is 47.5 Å². The van der Waals surface area contributed by atoms with E-state index in [1.54, 1.807) is 19.1 Å². The zero-order valence-corrected chi connectivity index (χ0v) is 19.9. The molecule has 1 heterocycles. The van der Waals surface area contributed by atoms with E-state index in [-0.39, 0.29) is 24.1 Å². The Morgan fingerprint density at radius 2 is 1.72 bits per heavy atom. The van der Waals surface area contributed by atoms with Crippen molar-refractivity contribution in [3.8, 4) is 11.5 Å². The Morgan fingerprint density at radius 3 is 2.41 bits per heavy atom. The normalized spacial score (nSPS) is 13.1. The lowest BCUT2D eigenvalue weighted by atomic mass is 10.2. The van der Waals surface area contributed by atoms with Gasteiger partial charge in [0.25, 0.3) is 0 Å². The van der Waals surface area contributed by atoms with Gasteiger partial charge in [0, 0.05) is 25.3 Å². The number of aryl methyl sites for hydroxylation is 1. The summed E-state index contributed by atoms with van der Waals surface area (Å²) in [6.07, 6.45) is 0. The first-order chi connectivity index (χ1) is 15.3. The van der Waals surface area contributed by atoms with Crippen LogP contribution in [0.15, 0.2) is 41.3 Å². The van der Waals surface area contributed by atoms with Crippen LogP contribution in [-0.4, -0.2) is 56.5 Å². The lowest BCUT2D eigenvalue weighted by Crippen LogP contribution is -2.33. The van der Waals surface area contributed by atoms with Gasteiger partial charge in [0.2, 0.25) is 22.7 Å². The summed E-state index contributed by atoms with van der Waals surface area (Å²) in [5, 5.41) is 2.84. The molecule has 1 N–H and O–H groups in total. The zero-order valence-electron chi connectivity index (χ0n) is 19.1. The van der Waals surface area contributed by atoms with E-state index in [1.807, 2.05) is 43.9 Å². The summed E-state index contributed by atoms with van der Waals surface area (Å²) in [7, 11) is -3.61. The minimum atomic E-state index is -3.61. The van der Waals surface area contributed by atoms with Crippen molar-refractivity contribution in [2.24, 2.45) is 0 Å². The molecule has 9 heteroatoms. The van der Waals surface area contributed by atoms with Gasteiger partial charge in [-0.3, -0.25) is 9.69 Å². The SMILES string of the molecule is CCN(CC(=O)Nc1ccc(C)c(S(=O)(=O)N(CC)CC)c1)Cc1ccc2c(c1)OCO2. The number of sulfonamides is 1. The highest BCUT2D eigenvalue weighted by atomic mass is 32.2. The molecule has 1 aliphatic rings. The Bertz CT molecular complexity index is 1070. The Hall–Kier alpha value is -2.62. The molecule has 0 unspecified atom stereocenters. The summed E-state index contributed by atoms with van der Waals surface area (Å²) in [5.74, 6) is 1.23. The number of carbonyl (C=O) groups excluding carboxylic acids is 1. The van der Waals surface area contributed by atoms with E-state index in [9.17, 15) is 13.2 Å². The van der Waals surface area contributed by atoms with Gasteiger partial charge >= 0.3 is 0 Å². The smallest absolute Gasteiger partial charge is 0.243 e. The number of nitrogens with zero attached hydrogens (tertiary/aromatic N) is 2. The number of hydrogen-bond acceptors (Lipinski definition) is 6. The molecule has 2 aromatic rings. The number of amides is 1. The molecule has 0 atom stereocenters. The first-order valence-electron chi connectivity index (χ1n) is 10.8. The first kappa shape index (κ1) is 24.0. The fourth-order valence-electron chi connectivity index (χ4n) is 3.64. The van der Waals surface area contributed by atoms with Crippen LogP contribution in [0.25, 0.3) is 0 Å². The topological polar surface area (TPSA) is 88.2 Å². The van der Waals surface area contributed by atoms with Crippen molar-refractivity contribution < 1.29 is 22.7 Å². The van der Waals surface area contributed by atoms with Crippen molar-refractivity contribution in [1.82, 2.24) is 9.21 Å². The van der Waals surface area contributed by atoms with Crippen LogP contribution in [0.1, 0.15) is 31.9 Å². The van der Waals surface area contributed by atoms with E-state index in [2.05, 4.69) is 5.32 Å². The second-order valence-electron chi connectivity index (χ2n) is 7.61. The Labute approximate surface area is 190 Å². The summed E-state index contributed by atoms with van der Waals surface area (Å²) in [5.41, 5.74) is 2.13. The second-order valence-corrected chi connectivity index (χ2v) is 9.52. The van der Waals surface area contributed by atoms with Crippen LogP contribution in [0, 0.1) is 6.92 Å². The molecule has 1 aliphatic heterocycles. The van der Waals surface area contributed by atoms with Crippen LogP contribution in [0.5, 0.6) is 11.5 Å². The molecular formula is C23H31N3O5S. The van der Waals surface area contributed by atoms with Gasteiger partial charge in [0.05, 0.1) is 11.4 Å². The van der Waals surface area contributed by atoms with Gasteiger partial charge in [0.1, 0.15) is 0 Å². The highest BCUT2D eigenvalue weighted by molar-refractivity contribution is 7.89. The molecule has 1 amide bonds. The van der Waals surface area contributed by atoms with E-state index in [0.717, 1.165) is 11.3 Å². The second kappa shape index (κ2) is 10.3. The maximum absolute atomic E-state index is 12.9. The van der Waals surface area contributed by atoms with Gasteiger partial charge in [-0.05, 0) is 48.9 Å². The predicted molar refractivity (Wildman–Crippen MR) is 123 cm³/mol. The molecule has 0 aromatic heterocycles. The van der Waals surface area contributed by atoms with Crippen LogP contribution >= 0.6 is 0 Å². The highest BCUT2D eigenvalue weighted by Crippen LogP contribution is 2.32. The third kappa shape index (κ3) is 5.40. The predicted octanol–water partition coefficient (Wildman–Crippen LogP) is 3.21. The third-order valence-electron chi connectivity index (χ3n) is 5.45. The van der Waals surface area contributed by atoms with Gasteiger partial charge in [0.15, 0.2) is 11.5 Å². The lowest BCUT2D eigenvalue weighted by Gasteiger charge is -2.21. The highest BCUT2D eigenvalue weighted by Gasteiger charge is 2.24. The summed E-state index contributed by atoms with van der Waals surface area (Å²) < 4.78 is 38.1. The van der Waals surface area contributed by atoms with Crippen LogP contribution in [0.2, 0.25) is 0 Å². The number of carbonyl (C=O) groups is 1.